The molecule has 5 heteroatoms. The van der Waals surface area contributed by atoms with E-state index in [1.165, 1.54) is 4.88 Å². The zero-order chi connectivity index (χ0) is 17.9. The highest BCUT2D eigenvalue weighted by molar-refractivity contribution is 7.09. The monoisotopic (exact) mass is 382 g/mol. The second-order valence-corrected chi connectivity index (χ2v) is 7.62. The summed E-state index contributed by atoms with van der Waals surface area (Å²) in [6.07, 6.45) is 0.840. The molecule has 2 heterocycles. The number of imidazole rings is 1. The van der Waals surface area contributed by atoms with E-state index in [1.807, 2.05) is 31.2 Å². The van der Waals surface area contributed by atoms with E-state index in [0.717, 1.165) is 46.2 Å². The van der Waals surface area contributed by atoms with Crippen LogP contribution < -0.4 is 4.74 Å². The van der Waals surface area contributed by atoms with Crippen molar-refractivity contribution in [3.63, 3.8) is 0 Å². The van der Waals surface area contributed by atoms with Gasteiger partial charge in [-0.2, -0.15) is 0 Å². The maximum Gasteiger partial charge on any atom is 0.119 e. The summed E-state index contributed by atoms with van der Waals surface area (Å²) in [5, 5.41) is 2.87. The zero-order valence-corrected chi connectivity index (χ0v) is 16.1. The van der Waals surface area contributed by atoms with Gasteiger partial charge in [-0.3, -0.25) is 0 Å². The first-order chi connectivity index (χ1) is 12.7. The van der Waals surface area contributed by atoms with Crippen LogP contribution in [0.1, 0.15) is 16.3 Å². The smallest absolute Gasteiger partial charge is 0.119 e. The third kappa shape index (κ3) is 3.62. The number of para-hydroxylation sites is 2. The summed E-state index contributed by atoms with van der Waals surface area (Å²) in [5.74, 6) is 1.92. The molecule has 0 aliphatic heterocycles. The van der Waals surface area contributed by atoms with Crippen molar-refractivity contribution >= 4 is 34.0 Å². The molecule has 0 spiro atoms. The number of aryl methyl sites for hydroxylation is 1. The lowest BCUT2D eigenvalue weighted by atomic mass is 10.2. The Balaban J connectivity index is 1.55. The number of hydrogen-bond acceptors (Lipinski definition) is 3. The van der Waals surface area contributed by atoms with Crippen molar-refractivity contribution in [1.82, 2.24) is 9.55 Å². The minimum atomic E-state index is 0.582. The predicted molar refractivity (Wildman–Crippen MR) is 109 cm³/mol. The SMILES string of the molecule is Cc1cc(OCCn2c(Cc3cccs3)nc3ccccc32)ccc1Cl. The van der Waals surface area contributed by atoms with Crippen LogP contribution in [0.2, 0.25) is 5.02 Å². The molecule has 0 atom stereocenters. The van der Waals surface area contributed by atoms with Gasteiger partial charge in [0.15, 0.2) is 0 Å². The van der Waals surface area contributed by atoms with Crippen LogP contribution in [0.4, 0.5) is 0 Å². The van der Waals surface area contributed by atoms with Crippen LogP contribution in [0.15, 0.2) is 60.0 Å². The number of thiophene rings is 1. The van der Waals surface area contributed by atoms with Crippen LogP contribution in [0, 0.1) is 6.92 Å². The van der Waals surface area contributed by atoms with E-state index in [9.17, 15) is 0 Å². The fraction of sp³-hybridized carbons (Fsp3) is 0.190. The van der Waals surface area contributed by atoms with Crippen molar-refractivity contribution in [3.8, 4) is 5.75 Å². The van der Waals surface area contributed by atoms with E-state index in [4.69, 9.17) is 21.3 Å². The van der Waals surface area contributed by atoms with Crippen LogP contribution in [0.3, 0.4) is 0 Å². The van der Waals surface area contributed by atoms with Gasteiger partial charge in [-0.05, 0) is 54.3 Å². The first-order valence-electron chi connectivity index (χ1n) is 8.56. The van der Waals surface area contributed by atoms with Gasteiger partial charge in [0, 0.05) is 16.3 Å². The van der Waals surface area contributed by atoms with E-state index in [0.29, 0.717) is 6.61 Å². The molecule has 0 radical (unpaired) electrons. The van der Waals surface area contributed by atoms with Crippen molar-refractivity contribution in [2.24, 2.45) is 0 Å². The molecule has 0 bridgehead atoms. The molecule has 4 aromatic rings. The molecule has 0 unspecified atom stereocenters. The summed E-state index contributed by atoms with van der Waals surface area (Å²) in [7, 11) is 0. The molecule has 2 aromatic carbocycles. The normalized spacial score (nSPS) is 11.2. The number of ether oxygens (including phenoxy) is 1. The minimum Gasteiger partial charge on any atom is -0.492 e. The summed E-state index contributed by atoms with van der Waals surface area (Å²) in [6.45, 7) is 3.32. The third-order valence-electron chi connectivity index (χ3n) is 4.36. The van der Waals surface area contributed by atoms with Crippen LogP contribution in [-0.4, -0.2) is 16.2 Å². The van der Waals surface area contributed by atoms with Crippen molar-refractivity contribution in [2.45, 2.75) is 19.9 Å². The highest BCUT2D eigenvalue weighted by Gasteiger charge is 2.11. The van der Waals surface area contributed by atoms with Gasteiger partial charge in [0.25, 0.3) is 0 Å². The molecule has 132 valence electrons. The average Bonchev–Trinajstić information content (AvgIpc) is 3.27. The van der Waals surface area contributed by atoms with Gasteiger partial charge in [0.05, 0.1) is 17.6 Å². The molecule has 0 fully saturated rings. The number of aromatic nitrogens is 2. The van der Waals surface area contributed by atoms with Crippen molar-refractivity contribution in [2.75, 3.05) is 6.61 Å². The highest BCUT2D eigenvalue weighted by atomic mass is 35.5. The number of halogens is 1. The third-order valence-corrected chi connectivity index (χ3v) is 5.66. The maximum absolute atomic E-state index is 6.08. The Morgan fingerprint density at radius 3 is 2.81 bits per heavy atom. The van der Waals surface area contributed by atoms with Crippen molar-refractivity contribution < 1.29 is 4.74 Å². The summed E-state index contributed by atoms with van der Waals surface area (Å²) in [4.78, 5) is 6.15. The van der Waals surface area contributed by atoms with E-state index in [1.54, 1.807) is 11.3 Å². The molecular weight excluding hydrogens is 364 g/mol. The van der Waals surface area contributed by atoms with Gasteiger partial charge >= 0.3 is 0 Å². The Morgan fingerprint density at radius 1 is 1.12 bits per heavy atom. The largest absolute Gasteiger partial charge is 0.492 e. The number of rotatable bonds is 6. The summed E-state index contributed by atoms with van der Waals surface area (Å²) < 4.78 is 8.21. The zero-order valence-electron chi connectivity index (χ0n) is 14.5. The van der Waals surface area contributed by atoms with Gasteiger partial charge < -0.3 is 9.30 Å². The van der Waals surface area contributed by atoms with E-state index in [-0.39, 0.29) is 0 Å². The number of hydrogen-bond donors (Lipinski definition) is 0. The van der Waals surface area contributed by atoms with Gasteiger partial charge in [-0.25, -0.2) is 4.98 Å². The topological polar surface area (TPSA) is 27.1 Å². The Hall–Kier alpha value is -2.30. The van der Waals surface area contributed by atoms with E-state index in [2.05, 4.69) is 40.3 Å². The molecule has 0 saturated heterocycles. The molecule has 4 rings (SSSR count). The first-order valence-corrected chi connectivity index (χ1v) is 9.82. The van der Waals surface area contributed by atoms with E-state index < -0.39 is 0 Å². The molecule has 3 nitrogen and oxygen atoms in total. The molecule has 0 amide bonds. The second-order valence-electron chi connectivity index (χ2n) is 6.18. The van der Waals surface area contributed by atoms with E-state index >= 15 is 0 Å². The molecule has 26 heavy (non-hydrogen) atoms. The Morgan fingerprint density at radius 2 is 2.00 bits per heavy atom. The lowest BCUT2D eigenvalue weighted by Crippen LogP contribution is -2.11. The minimum absolute atomic E-state index is 0.582. The lowest BCUT2D eigenvalue weighted by Gasteiger charge is -2.11. The van der Waals surface area contributed by atoms with Crippen LogP contribution in [0.5, 0.6) is 5.75 Å². The standard InChI is InChI=1S/C21H19ClN2OS/c1-15-13-16(8-9-18(15)22)25-11-10-24-20-7-3-2-6-19(20)23-21(24)14-17-5-4-12-26-17/h2-9,12-13H,10-11,14H2,1H3. The summed E-state index contributed by atoms with van der Waals surface area (Å²) >= 11 is 7.85. The van der Waals surface area contributed by atoms with Crippen LogP contribution in [0.25, 0.3) is 11.0 Å². The quantitative estimate of drug-likeness (QED) is 0.425. The van der Waals surface area contributed by atoms with Crippen LogP contribution >= 0.6 is 22.9 Å². The first kappa shape index (κ1) is 17.1. The predicted octanol–water partition coefficient (Wildman–Crippen LogP) is 5.73. The second kappa shape index (κ2) is 7.52. The van der Waals surface area contributed by atoms with Gasteiger partial charge in [-0.15, -0.1) is 11.3 Å². The van der Waals surface area contributed by atoms with Gasteiger partial charge in [0.2, 0.25) is 0 Å². The number of fused-ring (bicyclic) bond motifs is 1. The Bertz CT molecular complexity index is 1020. The van der Waals surface area contributed by atoms with Crippen molar-refractivity contribution in [1.29, 1.82) is 0 Å². The van der Waals surface area contributed by atoms with Gasteiger partial charge in [0.1, 0.15) is 18.2 Å². The highest BCUT2D eigenvalue weighted by Crippen LogP contribution is 2.23. The molecular formula is C21H19ClN2OS. The molecule has 0 saturated carbocycles. The number of nitrogens with zero attached hydrogens (tertiary/aromatic N) is 2. The maximum atomic E-state index is 6.08. The fourth-order valence-corrected chi connectivity index (χ4v) is 3.86. The molecule has 2 aromatic heterocycles. The molecule has 0 N–H and O–H groups in total. The Kier molecular flexibility index (Phi) is 4.96. The Labute approximate surface area is 161 Å². The fourth-order valence-electron chi connectivity index (χ4n) is 3.04. The number of benzene rings is 2. The molecule has 0 aliphatic rings. The summed E-state index contributed by atoms with van der Waals surface area (Å²) in [5.41, 5.74) is 3.20. The average molecular weight is 383 g/mol. The summed E-state index contributed by atoms with van der Waals surface area (Å²) in [6, 6.07) is 18.3. The lowest BCUT2D eigenvalue weighted by molar-refractivity contribution is 0.298. The van der Waals surface area contributed by atoms with Gasteiger partial charge in [-0.1, -0.05) is 29.8 Å². The van der Waals surface area contributed by atoms with Crippen LogP contribution in [-0.2, 0) is 13.0 Å². The molecule has 0 aliphatic carbocycles. The van der Waals surface area contributed by atoms with Crippen molar-refractivity contribution in [3.05, 3.63) is 81.3 Å².